The number of halogens is 1. The second-order valence-corrected chi connectivity index (χ2v) is 5.47. The predicted molar refractivity (Wildman–Crippen MR) is 93.7 cm³/mol. The fraction of sp³-hybridized carbons (Fsp3) is 0.263. The minimum Gasteiger partial charge on any atom is -0.495 e. The van der Waals surface area contributed by atoms with Gasteiger partial charge in [-0.05, 0) is 30.8 Å². The first-order valence-corrected chi connectivity index (χ1v) is 7.91. The van der Waals surface area contributed by atoms with Crippen molar-refractivity contribution in [1.82, 2.24) is 4.90 Å². The molecule has 1 N–H and O–H groups in total. The molecule has 2 rings (SSSR count). The van der Waals surface area contributed by atoms with Gasteiger partial charge in [-0.3, -0.25) is 9.69 Å². The van der Waals surface area contributed by atoms with Gasteiger partial charge in [0.15, 0.2) is 0 Å². The van der Waals surface area contributed by atoms with E-state index in [4.69, 9.17) is 10.00 Å². The lowest BCUT2D eigenvalue weighted by molar-refractivity contribution is -0.117. The van der Waals surface area contributed by atoms with Gasteiger partial charge in [0, 0.05) is 12.1 Å². The summed E-state index contributed by atoms with van der Waals surface area (Å²) in [4.78, 5) is 14.1. The van der Waals surface area contributed by atoms with E-state index in [1.807, 2.05) is 30.0 Å². The van der Waals surface area contributed by atoms with Gasteiger partial charge in [-0.2, -0.15) is 5.26 Å². The number of ether oxygens (including phenoxy) is 1. The number of nitrogens with one attached hydrogen (secondary N) is 1. The van der Waals surface area contributed by atoms with Crippen LogP contribution in [0.5, 0.6) is 5.75 Å². The number of likely N-dealkylation sites (N-methyl/N-ethyl adjacent to an activating group) is 1. The summed E-state index contributed by atoms with van der Waals surface area (Å²) in [6, 6.07) is 13.4. The van der Waals surface area contributed by atoms with Crippen molar-refractivity contribution >= 4 is 11.6 Å². The summed E-state index contributed by atoms with van der Waals surface area (Å²) in [5.41, 5.74) is 1.32. The van der Waals surface area contributed by atoms with E-state index in [-0.39, 0.29) is 24.6 Å². The maximum absolute atomic E-state index is 14.0. The number of nitriles is 1. The first-order valence-electron chi connectivity index (χ1n) is 7.91. The third-order valence-electron chi connectivity index (χ3n) is 3.77. The van der Waals surface area contributed by atoms with Crippen LogP contribution in [0.15, 0.2) is 42.5 Å². The highest BCUT2D eigenvalue weighted by atomic mass is 19.1. The van der Waals surface area contributed by atoms with Crippen LogP contribution in [0.25, 0.3) is 0 Å². The molecule has 0 heterocycles. The van der Waals surface area contributed by atoms with Gasteiger partial charge in [0.25, 0.3) is 0 Å². The monoisotopic (exact) mass is 341 g/mol. The first kappa shape index (κ1) is 18.4. The van der Waals surface area contributed by atoms with Crippen molar-refractivity contribution in [2.45, 2.75) is 13.5 Å². The standard InChI is InChI=1S/C19H20FN3O2/c1-3-23(12-15-9-8-14(11-21)10-16(15)20)13-19(24)22-17-6-4-5-7-18(17)25-2/h4-10H,3,12-13H2,1-2H3,(H,22,24). The van der Waals surface area contributed by atoms with E-state index in [1.165, 1.54) is 13.2 Å². The Kier molecular flexibility index (Phi) is 6.49. The Morgan fingerprint density at radius 1 is 1.32 bits per heavy atom. The summed E-state index contributed by atoms with van der Waals surface area (Å²) in [7, 11) is 1.54. The molecule has 0 atom stereocenters. The van der Waals surface area contributed by atoms with Crippen molar-refractivity contribution in [3.8, 4) is 11.8 Å². The maximum atomic E-state index is 14.0. The molecule has 6 heteroatoms. The summed E-state index contributed by atoms with van der Waals surface area (Å²) in [6.45, 7) is 2.89. The molecular weight excluding hydrogens is 321 g/mol. The van der Waals surface area contributed by atoms with E-state index in [9.17, 15) is 9.18 Å². The molecule has 0 saturated heterocycles. The molecule has 0 aliphatic rings. The lowest BCUT2D eigenvalue weighted by Crippen LogP contribution is -2.33. The number of benzene rings is 2. The van der Waals surface area contributed by atoms with Crippen LogP contribution in [-0.2, 0) is 11.3 Å². The van der Waals surface area contributed by atoms with Gasteiger partial charge in [0.05, 0.1) is 31.0 Å². The summed E-state index contributed by atoms with van der Waals surface area (Å²) in [6.07, 6.45) is 0. The van der Waals surface area contributed by atoms with Gasteiger partial charge in [0.1, 0.15) is 11.6 Å². The molecule has 130 valence electrons. The Hall–Kier alpha value is -2.91. The number of amides is 1. The number of carbonyl (C=O) groups is 1. The largest absolute Gasteiger partial charge is 0.495 e. The molecule has 0 spiro atoms. The molecule has 2 aromatic carbocycles. The molecule has 0 aliphatic heterocycles. The summed E-state index contributed by atoms with van der Waals surface area (Å²) >= 11 is 0. The maximum Gasteiger partial charge on any atom is 0.238 e. The summed E-state index contributed by atoms with van der Waals surface area (Å²) in [5, 5.41) is 11.6. The molecule has 0 unspecified atom stereocenters. The molecule has 0 aromatic heterocycles. The quantitative estimate of drug-likeness (QED) is 0.840. The molecule has 0 aliphatic carbocycles. The molecule has 0 bridgehead atoms. The molecule has 0 fully saturated rings. The van der Waals surface area contributed by atoms with E-state index < -0.39 is 5.82 Å². The molecule has 2 aromatic rings. The van der Waals surface area contributed by atoms with Crippen molar-refractivity contribution in [2.75, 3.05) is 25.5 Å². The number of hydrogen-bond donors (Lipinski definition) is 1. The van der Waals surface area contributed by atoms with Gasteiger partial charge in [-0.15, -0.1) is 0 Å². The Morgan fingerprint density at radius 3 is 2.72 bits per heavy atom. The van der Waals surface area contributed by atoms with Crippen LogP contribution in [0.3, 0.4) is 0 Å². The second-order valence-electron chi connectivity index (χ2n) is 5.47. The van der Waals surface area contributed by atoms with Gasteiger partial charge in [-0.1, -0.05) is 25.1 Å². The van der Waals surface area contributed by atoms with E-state index in [2.05, 4.69) is 5.32 Å². The zero-order chi connectivity index (χ0) is 18.2. The molecule has 0 radical (unpaired) electrons. The summed E-state index contributed by atoms with van der Waals surface area (Å²) in [5.74, 6) is -0.0694. The smallest absolute Gasteiger partial charge is 0.238 e. The Balaban J connectivity index is 2.02. The lowest BCUT2D eigenvalue weighted by Gasteiger charge is -2.20. The van der Waals surface area contributed by atoms with Gasteiger partial charge in [-0.25, -0.2) is 4.39 Å². The van der Waals surface area contributed by atoms with Crippen LogP contribution in [0.4, 0.5) is 10.1 Å². The highest BCUT2D eigenvalue weighted by molar-refractivity contribution is 5.93. The Labute approximate surface area is 146 Å². The molecule has 1 amide bonds. The SMILES string of the molecule is CCN(CC(=O)Nc1ccccc1OC)Cc1ccc(C#N)cc1F. The van der Waals surface area contributed by atoms with E-state index in [1.54, 1.807) is 24.3 Å². The number of rotatable bonds is 7. The van der Waals surface area contributed by atoms with Crippen LogP contribution in [-0.4, -0.2) is 31.0 Å². The van der Waals surface area contributed by atoms with Crippen molar-refractivity contribution in [3.63, 3.8) is 0 Å². The number of para-hydroxylation sites is 2. The molecule has 0 saturated carbocycles. The number of carbonyl (C=O) groups excluding carboxylic acids is 1. The van der Waals surface area contributed by atoms with Crippen LogP contribution >= 0.6 is 0 Å². The molecule has 5 nitrogen and oxygen atoms in total. The number of nitrogens with zero attached hydrogens (tertiary/aromatic N) is 2. The van der Waals surface area contributed by atoms with Gasteiger partial charge >= 0.3 is 0 Å². The Morgan fingerprint density at radius 2 is 2.08 bits per heavy atom. The van der Waals surface area contributed by atoms with Crippen molar-refractivity contribution in [2.24, 2.45) is 0 Å². The van der Waals surface area contributed by atoms with Crippen LogP contribution in [0, 0.1) is 17.1 Å². The molecular formula is C19H20FN3O2. The van der Waals surface area contributed by atoms with E-state index >= 15 is 0 Å². The van der Waals surface area contributed by atoms with Crippen molar-refractivity contribution in [1.29, 1.82) is 5.26 Å². The zero-order valence-electron chi connectivity index (χ0n) is 14.3. The number of hydrogen-bond acceptors (Lipinski definition) is 4. The minimum atomic E-state index is -0.442. The highest BCUT2D eigenvalue weighted by Gasteiger charge is 2.14. The highest BCUT2D eigenvalue weighted by Crippen LogP contribution is 2.23. The van der Waals surface area contributed by atoms with E-state index in [0.29, 0.717) is 23.5 Å². The average Bonchev–Trinajstić information content (AvgIpc) is 2.62. The van der Waals surface area contributed by atoms with Crippen molar-refractivity contribution in [3.05, 3.63) is 59.4 Å². The Bertz CT molecular complexity index is 786. The van der Waals surface area contributed by atoms with E-state index in [0.717, 1.165) is 0 Å². The lowest BCUT2D eigenvalue weighted by atomic mass is 10.1. The first-order chi connectivity index (χ1) is 12.1. The second kappa shape index (κ2) is 8.81. The van der Waals surface area contributed by atoms with Crippen molar-refractivity contribution < 1.29 is 13.9 Å². The third-order valence-corrected chi connectivity index (χ3v) is 3.77. The summed E-state index contributed by atoms with van der Waals surface area (Å²) < 4.78 is 19.2. The van der Waals surface area contributed by atoms with Crippen LogP contribution in [0.1, 0.15) is 18.1 Å². The third kappa shape index (κ3) is 5.03. The van der Waals surface area contributed by atoms with Crippen LogP contribution < -0.4 is 10.1 Å². The topological polar surface area (TPSA) is 65.4 Å². The normalized spacial score (nSPS) is 10.4. The number of methoxy groups -OCH3 is 1. The number of anilines is 1. The fourth-order valence-corrected chi connectivity index (χ4v) is 2.41. The fourth-order valence-electron chi connectivity index (χ4n) is 2.41. The van der Waals surface area contributed by atoms with Gasteiger partial charge in [0.2, 0.25) is 5.91 Å². The average molecular weight is 341 g/mol. The predicted octanol–water partition coefficient (Wildman–Crippen LogP) is 3.17. The minimum absolute atomic E-state index is 0.119. The zero-order valence-corrected chi connectivity index (χ0v) is 14.3. The van der Waals surface area contributed by atoms with Crippen LogP contribution in [0.2, 0.25) is 0 Å². The van der Waals surface area contributed by atoms with Gasteiger partial charge < -0.3 is 10.1 Å². The molecule has 25 heavy (non-hydrogen) atoms.